The molecule has 164 valence electrons. The van der Waals surface area contributed by atoms with Gasteiger partial charge < -0.3 is 0 Å². The minimum Gasteiger partial charge on any atom is -0.278 e. The van der Waals surface area contributed by atoms with Gasteiger partial charge in [0.15, 0.2) is 0 Å². The molecule has 1 unspecified atom stereocenters. The molecule has 0 radical (unpaired) electrons. The molecule has 6 nitrogen and oxygen atoms in total. The van der Waals surface area contributed by atoms with Gasteiger partial charge in [0, 0.05) is 16.9 Å². The van der Waals surface area contributed by atoms with E-state index < -0.39 is 0 Å². The SMILES string of the molecule is C=CC(c1ccc2cn[nH]c2c1)c1cc(-c2ccnn2-c2cccc(C#N)c2)c(Cl)cc1N=C. The summed E-state index contributed by atoms with van der Waals surface area (Å²) in [5, 5.41) is 22.5. The van der Waals surface area contributed by atoms with Gasteiger partial charge in [0.2, 0.25) is 0 Å². The fourth-order valence-corrected chi connectivity index (χ4v) is 4.43. The third kappa shape index (κ3) is 3.68. The summed E-state index contributed by atoms with van der Waals surface area (Å²) in [7, 11) is 0. The second-order valence-corrected chi connectivity index (χ2v) is 8.18. The smallest absolute Gasteiger partial charge is 0.0992 e. The van der Waals surface area contributed by atoms with Gasteiger partial charge in [-0.3, -0.25) is 10.1 Å². The van der Waals surface area contributed by atoms with Crippen LogP contribution in [0.2, 0.25) is 5.02 Å². The normalized spacial score (nSPS) is 11.8. The number of benzene rings is 3. The maximum absolute atomic E-state index is 9.30. The number of aliphatic imine (C=N–C) groups is 1. The van der Waals surface area contributed by atoms with Crippen LogP contribution < -0.4 is 0 Å². The number of nitrogens with one attached hydrogen (secondary N) is 1. The number of nitriles is 1. The standard InChI is InChI=1S/C27H19ClN6/c1-3-21(18-7-8-19-16-31-33-25(19)12-18)22-13-23(24(28)14-26(22)30-2)27-9-10-32-34(27)20-6-4-5-17(11-20)15-29/h3-14,16,21H,1-2H2,(H,31,33). The minimum absolute atomic E-state index is 0.150. The van der Waals surface area contributed by atoms with Gasteiger partial charge in [0.05, 0.1) is 51.6 Å². The van der Waals surface area contributed by atoms with Crippen LogP contribution in [0.5, 0.6) is 0 Å². The van der Waals surface area contributed by atoms with Crippen molar-refractivity contribution in [2.75, 3.05) is 0 Å². The first-order valence-electron chi connectivity index (χ1n) is 10.5. The van der Waals surface area contributed by atoms with Gasteiger partial charge in [-0.25, -0.2) is 4.68 Å². The zero-order chi connectivity index (χ0) is 23.7. The quantitative estimate of drug-likeness (QED) is 0.228. The van der Waals surface area contributed by atoms with Crippen LogP contribution in [-0.2, 0) is 0 Å². The van der Waals surface area contributed by atoms with E-state index in [4.69, 9.17) is 11.6 Å². The Labute approximate surface area is 201 Å². The number of hydrogen-bond donors (Lipinski definition) is 1. The summed E-state index contributed by atoms with van der Waals surface area (Å²) < 4.78 is 1.77. The first-order valence-corrected chi connectivity index (χ1v) is 10.9. The van der Waals surface area contributed by atoms with E-state index in [1.54, 1.807) is 29.2 Å². The Morgan fingerprint density at radius 2 is 2.03 bits per heavy atom. The molecular weight excluding hydrogens is 444 g/mol. The van der Waals surface area contributed by atoms with Gasteiger partial charge in [-0.05, 0) is 60.3 Å². The average Bonchev–Trinajstić information content (AvgIpc) is 3.54. The number of hydrogen-bond acceptors (Lipinski definition) is 4. The Balaban J connectivity index is 1.67. The number of halogens is 1. The monoisotopic (exact) mass is 462 g/mol. The third-order valence-electron chi connectivity index (χ3n) is 5.82. The third-order valence-corrected chi connectivity index (χ3v) is 6.13. The van der Waals surface area contributed by atoms with E-state index in [-0.39, 0.29) is 5.92 Å². The summed E-state index contributed by atoms with van der Waals surface area (Å²) in [6.07, 6.45) is 5.38. The summed E-state index contributed by atoms with van der Waals surface area (Å²) in [4.78, 5) is 4.24. The molecule has 0 saturated carbocycles. The molecular formula is C27H19ClN6. The molecule has 2 heterocycles. The van der Waals surface area contributed by atoms with Gasteiger partial charge >= 0.3 is 0 Å². The molecule has 34 heavy (non-hydrogen) atoms. The van der Waals surface area contributed by atoms with Crippen LogP contribution in [0.1, 0.15) is 22.6 Å². The highest BCUT2D eigenvalue weighted by atomic mass is 35.5. The molecule has 1 N–H and O–H groups in total. The van der Waals surface area contributed by atoms with Crippen molar-refractivity contribution >= 4 is 34.9 Å². The lowest BCUT2D eigenvalue weighted by Gasteiger charge is -2.19. The lowest BCUT2D eigenvalue weighted by molar-refractivity contribution is 0.887. The van der Waals surface area contributed by atoms with Crippen molar-refractivity contribution in [3.63, 3.8) is 0 Å². The predicted octanol–water partition coefficient (Wildman–Crippen LogP) is 6.59. The summed E-state index contributed by atoms with van der Waals surface area (Å²) in [5.74, 6) is -0.150. The first kappa shape index (κ1) is 21.4. The van der Waals surface area contributed by atoms with Gasteiger partial charge in [-0.15, -0.1) is 6.58 Å². The van der Waals surface area contributed by atoms with E-state index >= 15 is 0 Å². The number of allylic oxidation sites excluding steroid dienone is 1. The fraction of sp³-hybridized carbons (Fsp3) is 0.0370. The van der Waals surface area contributed by atoms with E-state index in [0.717, 1.165) is 39.0 Å². The highest BCUT2D eigenvalue weighted by molar-refractivity contribution is 6.33. The van der Waals surface area contributed by atoms with Gasteiger partial charge in [-0.1, -0.05) is 35.9 Å². The van der Waals surface area contributed by atoms with E-state index in [1.807, 2.05) is 42.5 Å². The van der Waals surface area contributed by atoms with Crippen molar-refractivity contribution < 1.29 is 0 Å². The molecule has 0 aliphatic heterocycles. The maximum Gasteiger partial charge on any atom is 0.0992 e. The molecule has 0 fully saturated rings. The molecule has 0 spiro atoms. The van der Waals surface area contributed by atoms with Crippen molar-refractivity contribution in [1.82, 2.24) is 20.0 Å². The maximum atomic E-state index is 9.30. The highest BCUT2D eigenvalue weighted by Gasteiger charge is 2.20. The van der Waals surface area contributed by atoms with Crippen LogP contribution in [0.4, 0.5) is 5.69 Å². The summed E-state index contributed by atoms with van der Waals surface area (Å²) >= 11 is 6.73. The molecule has 1 atom stereocenters. The topological polar surface area (TPSA) is 82.6 Å². The van der Waals surface area contributed by atoms with Crippen LogP contribution >= 0.6 is 11.6 Å². The van der Waals surface area contributed by atoms with Crippen molar-refractivity contribution in [3.8, 4) is 23.0 Å². The van der Waals surface area contributed by atoms with E-state index in [0.29, 0.717) is 16.3 Å². The second-order valence-electron chi connectivity index (χ2n) is 7.77. The van der Waals surface area contributed by atoms with E-state index in [1.165, 1.54) is 0 Å². The van der Waals surface area contributed by atoms with Crippen LogP contribution in [0, 0.1) is 11.3 Å². The first-order chi connectivity index (χ1) is 16.6. The molecule has 0 amide bonds. The number of nitrogens with zero attached hydrogens (tertiary/aromatic N) is 5. The van der Waals surface area contributed by atoms with Gasteiger partial charge in [-0.2, -0.15) is 15.5 Å². The molecule has 0 aliphatic carbocycles. The van der Waals surface area contributed by atoms with Crippen molar-refractivity contribution in [2.45, 2.75) is 5.92 Å². The zero-order valence-corrected chi connectivity index (χ0v) is 18.9. The molecule has 7 heteroatoms. The Hall–Kier alpha value is -4.47. The number of fused-ring (bicyclic) bond motifs is 1. The van der Waals surface area contributed by atoms with E-state index in [9.17, 15) is 5.26 Å². The lowest BCUT2D eigenvalue weighted by atomic mass is 9.88. The van der Waals surface area contributed by atoms with Crippen molar-refractivity contribution in [3.05, 3.63) is 107 Å². The largest absolute Gasteiger partial charge is 0.278 e. The van der Waals surface area contributed by atoms with Crippen molar-refractivity contribution in [2.24, 2.45) is 4.99 Å². The molecule has 5 rings (SSSR count). The molecule has 0 bridgehead atoms. The number of rotatable bonds is 6. The summed E-state index contributed by atoms with van der Waals surface area (Å²) in [6.45, 7) is 7.84. The fourth-order valence-electron chi connectivity index (χ4n) is 4.17. The Bertz CT molecular complexity index is 1590. The Morgan fingerprint density at radius 3 is 2.82 bits per heavy atom. The zero-order valence-electron chi connectivity index (χ0n) is 18.1. The number of aromatic nitrogens is 4. The predicted molar refractivity (Wildman–Crippen MR) is 136 cm³/mol. The summed E-state index contributed by atoms with van der Waals surface area (Å²) in [6, 6.07) is 21.3. The molecule has 3 aromatic carbocycles. The van der Waals surface area contributed by atoms with Crippen LogP contribution in [0.3, 0.4) is 0 Å². The average molecular weight is 463 g/mol. The number of H-pyrrole nitrogens is 1. The van der Waals surface area contributed by atoms with Gasteiger partial charge in [0.25, 0.3) is 0 Å². The summed E-state index contributed by atoms with van der Waals surface area (Å²) in [5.41, 5.74) is 6.50. The molecule has 2 aromatic heterocycles. The Morgan fingerprint density at radius 1 is 1.15 bits per heavy atom. The van der Waals surface area contributed by atoms with Crippen LogP contribution in [0.25, 0.3) is 27.8 Å². The van der Waals surface area contributed by atoms with Crippen LogP contribution in [0.15, 0.2) is 90.7 Å². The molecule has 0 aliphatic rings. The molecule has 0 saturated heterocycles. The van der Waals surface area contributed by atoms with E-state index in [2.05, 4.69) is 51.8 Å². The van der Waals surface area contributed by atoms with Gasteiger partial charge in [0.1, 0.15) is 0 Å². The lowest BCUT2D eigenvalue weighted by Crippen LogP contribution is -2.02. The second kappa shape index (κ2) is 8.81. The van der Waals surface area contributed by atoms with Crippen LogP contribution in [-0.4, -0.2) is 26.7 Å². The highest BCUT2D eigenvalue weighted by Crippen LogP contribution is 2.41. The van der Waals surface area contributed by atoms with Crippen molar-refractivity contribution in [1.29, 1.82) is 5.26 Å². The molecule has 5 aromatic rings. The number of aromatic amines is 1. The minimum atomic E-state index is -0.150. The Kier molecular flexibility index (Phi) is 5.54.